The van der Waals surface area contributed by atoms with Gasteiger partial charge in [-0.2, -0.15) is 0 Å². The van der Waals surface area contributed by atoms with Gasteiger partial charge in [-0.15, -0.1) is 0 Å². The molecule has 0 aromatic carbocycles. The van der Waals surface area contributed by atoms with Crippen LogP contribution in [0.2, 0.25) is 0 Å². The highest BCUT2D eigenvalue weighted by Gasteiger charge is 2.19. The molecule has 0 saturated carbocycles. The van der Waals surface area contributed by atoms with Gasteiger partial charge in [0.05, 0.1) is 6.61 Å². The van der Waals surface area contributed by atoms with Crippen molar-refractivity contribution in [3.8, 4) is 0 Å². The molecule has 0 aliphatic carbocycles. The Morgan fingerprint density at radius 3 is 2.44 bits per heavy atom. The number of rotatable bonds is 0. The highest BCUT2D eigenvalue weighted by molar-refractivity contribution is 5.81. The van der Waals surface area contributed by atoms with Crippen molar-refractivity contribution < 1.29 is 9.63 Å². The first-order valence-corrected chi connectivity index (χ1v) is 2.98. The molecule has 0 unspecified atom stereocenters. The zero-order valence-corrected chi connectivity index (χ0v) is 5.68. The maximum absolute atomic E-state index is 10.2. The van der Waals surface area contributed by atoms with E-state index in [0.29, 0.717) is 6.61 Å². The quantitative estimate of drug-likeness (QED) is 0.462. The minimum Gasteiger partial charge on any atom is -0.318 e. The molecule has 0 spiro atoms. The molecule has 1 atom stereocenters. The van der Waals surface area contributed by atoms with Crippen LogP contribution in [0.4, 0.5) is 0 Å². The number of carbonyl (C=O) groups excluding carboxylic acids is 1. The van der Waals surface area contributed by atoms with Gasteiger partial charge in [0.15, 0.2) is 0 Å². The van der Waals surface area contributed by atoms with Gasteiger partial charge in [0.2, 0.25) is 0 Å². The summed E-state index contributed by atoms with van der Waals surface area (Å²) in [5.74, 6) is -0.236. The fourth-order valence-electron chi connectivity index (χ4n) is 0.354. The lowest BCUT2D eigenvalue weighted by Crippen LogP contribution is -2.31. The second-order valence-electron chi connectivity index (χ2n) is 1.38. The third kappa shape index (κ3) is 2.43. The minimum absolute atomic E-state index is 0.236. The Morgan fingerprint density at radius 2 is 2.33 bits per heavy atom. The summed E-state index contributed by atoms with van der Waals surface area (Å²) in [6.45, 7) is 4.29. The van der Waals surface area contributed by atoms with Gasteiger partial charge in [-0.25, -0.2) is 5.48 Å². The molecule has 1 saturated heterocycles. The molecule has 1 fully saturated rings. The molecule has 0 aromatic rings. The van der Waals surface area contributed by atoms with E-state index < -0.39 is 6.04 Å². The van der Waals surface area contributed by atoms with Gasteiger partial charge in [0, 0.05) is 0 Å². The van der Waals surface area contributed by atoms with Crippen LogP contribution in [0.15, 0.2) is 0 Å². The standard InChI is InChI=1S/C3H6N2O2.C2H6/c4-2-1-7-5-3(2)6;1-2/h2H,1,4H2,(H,5,6);1-2H3/t2-;/m1./s1. The van der Waals surface area contributed by atoms with E-state index in [1.54, 1.807) is 0 Å². The summed E-state index contributed by atoms with van der Waals surface area (Å²) in [5.41, 5.74) is 7.25. The molecule has 1 aliphatic rings. The molecule has 1 amide bonds. The fourth-order valence-corrected chi connectivity index (χ4v) is 0.354. The molecule has 54 valence electrons. The van der Waals surface area contributed by atoms with Crippen molar-refractivity contribution in [3.05, 3.63) is 0 Å². The summed E-state index contributed by atoms with van der Waals surface area (Å²) in [6, 6.07) is -0.458. The Kier molecular flexibility index (Phi) is 4.00. The van der Waals surface area contributed by atoms with Crippen LogP contribution in [0, 0.1) is 0 Å². The van der Waals surface area contributed by atoms with Crippen molar-refractivity contribution in [2.75, 3.05) is 6.61 Å². The van der Waals surface area contributed by atoms with Crippen molar-refractivity contribution in [2.24, 2.45) is 5.73 Å². The first-order valence-electron chi connectivity index (χ1n) is 2.98. The number of nitrogens with two attached hydrogens (primary N) is 1. The van der Waals surface area contributed by atoms with Crippen LogP contribution in [-0.2, 0) is 9.63 Å². The number of nitrogens with one attached hydrogen (secondary N) is 1. The maximum Gasteiger partial charge on any atom is 0.262 e. The summed E-state index contributed by atoms with van der Waals surface area (Å²) in [5, 5.41) is 0. The van der Waals surface area contributed by atoms with Crippen LogP contribution >= 0.6 is 0 Å². The third-order valence-electron chi connectivity index (χ3n) is 0.772. The molecule has 4 nitrogen and oxygen atoms in total. The zero-order chi connectivity index (χ0) is 7.28. The van der Waals surface area contributed by atoms with E-state index >= 15 is 0 Å². The van der Waals surface area contributed by atoms with Crippen LogP contribution < -0.4 is 11.2 Å². The van der Waals surface area contributed by atoms with Crippen LogP contribution in [0.3, 0.4) is 0 Å². The summed E-state index contributed by atoms with van der Waals surface area (Å²) in [7, 11) is 0. The van der Waals surface area contributed by atoms with Crippen molar-refractivity contribution in [1.29, 1.82) is 0 Å². The van der Waals surface area contributed by atoms with E-state index in [4.69, 9.17) is 5.73 Å². The van der Waals surface area contributed by atoms with Crippen LogP contribution in [0.1, 0.15) is 13.8 Å². The molecule has 1 aliphatic heterocycles. The molecular formula is C5H12N2O2. The van der Waals surface area contributed by atoms with E-state index in [-0.39, 0.29) is 5.91 Å². The molecule has 0 bridgehead atoms. The Hall–Kier alpha value is -0.610. The summed E-state index contributed by atoms with van der Waals surface area (Å²) in [4.78, 5) is 14.7. The van der Waals surface area contributed by atoms with Gasteiger partial charge in [0.25, 0.3) is 5.91 Å². The Morgan fingerprint density at radius 1 is 1.78 bits per heavy atom. The number of hydrogen-bond donors (Lipinski definition) is 2. The molecule has 1 heterocycles. The largest absolute Gasteiger partial charge is 0.318 e. The molecular weight excluding hydrogens is 120 g/mol. The normalized spacial score (nSPS) is 24.3. The first-order chi connectivity index (χ1) is 4.30. The van der Waals surface area contributed by atoms with Gasteiger partial charge in [-0.1, -0.05) is 13.8 Å². The highest BCUT2D eigenvalue weighted by Crippen LogP contribution is 1.87. The van der Waals surface area contributed by atoms with Crippen molar-refractivity contribution in [2.45, 2.75) is 19.9 Å². The van der Waals surface area contributed by atoms with Crippen LogP contribution in [0.5, 0.6) is 0 Å². The Bertz CT molecular complexity index is 95.0. The van der Waals surface area contributed by atoms with Crippen LogP contribution in [-0.4, -0.2) is 18.6 Å². The van der Waals surface area contributed by atoms with Crippen molar-refractivity contribution >= 4 is 5.91 Å². The van der Waals surface area contributed by atoms with Crippen LogP contribution in [0.25, 0.3) is 0 Å². The van der Waals surface area contributed by atoms with E-state index in [2.05, 4.69) is 10.3 Å². The predicted octanol–water partition coefficient (Wildman–Crippen LogP) is -0.599. The van der Waals surface area contributed by atoms with E-state index in [9.17, 15) is 4.79 Å². The van der Waals surface area contributed by atoms with Crippen molar-refractivity contribution in [1.82, 2.24) is 5.48 Å². The third-order valence-corrected chi connectivity index (χ3v) is 0.772. The number of amides is 1. The Labute approximate surface area is 54.3 Å². The lowest BCUT2D eigenvalue weighted by atomic mass is 10.3. The average molecular weight is 132 g/mol. The van der Waals surface area contributed by atoms with E-state index in [1.807, 2.05) is 13.8 Å². The summed E-state index contributed by atoms with van der Waals surface area (Å²) < 4.78 is 0. The number of hydroxylamine groups is 1. The SMILES string of the molecule is CC.N[C@@H]1CONC1=O. The van der Waals surface area contributed by atoms with E-state index in [0.717, 1.165) is 0 Å². The zero-order valence-electron chi connectivity index (χ0n) is 5.68. The monoisotopic (exact) mass is 132 g/mol. The lowest BCUT2D eigenvalue weighted by Gasteiger charge is -1.87. The number of hydrogen-bond acceptors (Lipinski definition) is 3. The average Bonchev–Trinajstić information content (AvgIpc) is 2.23. The molecule has 0 radical (unpaired) electrons. The summed E-state index contributed by atoms with van der Waals surface area (Å²) in [6.07, 6.45) is 0. The van der Waals surface area contributed by atoms with Gasteiger partial charge >= 0.3 is 0 Å². The molecule has 0 aromatic heterocycles. The first kappa shape index (κ1) is 8.39. The second-order valence-corrected chi connectivity index (χ2v) is 1.38. The lowest BCUT2D eigenvalue weighted by molar-refractivity contribution is -0.124. The molecule has 3 N–H and O–H groups in total. The van der Waals surface area contributed by atoms with Gasteiger partial charge < -0.3 is 5.73 Å². The molecule has 4 heteroatoms. The molecule has 9 heavy (non-hydrogen) atoms. The van der Waals surface area contributed by atoms with Gasteiger partial charge in [-0.05, 0) is 0 Å². The molecule has 1 rings (SSSR count). The van der Waals surface area contributed by atoms with Crippen molar-refractivity contribution in [3.63, 3.8) is 0 Å². The van der Waals surface area contributed by atoms with Gasteiger partial charge in [0.1, 0.15) is 6.04 Å². The Balaban J connectivity index is 0.000000291. The smallest absolute Gasteiger partial charge is 0.262 e. The topological polar surface area (TPSA) is 64.3 Å². The highest BCUT2D eigenvalue weighted by atomic mass is 16.7. The second kappa shape index (κ2) is 4.29. The fraction of sp³-hybridized carbons (Fsp3) is 0.800. The minimum atomic E-state index is -0.458. The van der Waals surface area contributed by atoms with Gasteiger partial charge in [-0.3, -0.25) is 9.63 Å². The number of carbonyl (C=O) groups is 1. The summed E-state index contributed by atoms with van der Waals surface area (Å²) >= 11 is 0. The predicted molar refractivity (Wildman–Crippen MR) is 33.4 cm³/mol. The van der Waals surface area contributed by atoms with E-state index in [1.165, 1.54) is 0 Å². The maximum atomic E-state index is 10.2.